The monoisotopic (exact) mass is 279 g/mol. The SMILES string of the molecule is CCOc1ccc(NCc2c(C)n[nH]c2C)cc1Cl. The maximum absolute atomic E-state index is 6.15. The normalized spacial score (nSPS) is 10.5. The smallest absolute Gasteiger partial charge is 0.138 e. The van der Waals surface area contributed by atoms with E-state index in [1.165, 1.54) is 5.56 Å². The van der Waals surface area contributed by atoms with E-state index >= 15 is 0 Å². The number of aromatic nitrogens is 2. The first kappa shape index (κ1) is 13.7. The van der Waals surface area contributed by atoms with Gasteiger partial charge in [-0.25, -0.2) is 0 Å². The fraction of sp³-hybridized carbons (Fsp3) is 0.357. The highest BCUT2D eigenvalue weighted by molar-refractivity contribution is 6.32. The number of aromatic amines is 1. The number of benzene rings is 1. The molecule has 0 saturated carbocycles. The van der Waals surface area contributed by atoms with E-state index in [0.717, 1.165) is 23.6 Å². The third-order valence-corrected chi connectivity index (χ3v) is 3.28. The molecule has 0 spiro atoms. The molecule has 0 unspecified atom stereocenters. The molecule has 0 aliphatic heterocycles. The van der Waals surface area contributed by atoms with Crippen LogP contribution >= 0.6 is 11.6 Å². The number of H-pyrrole nitrogens is 1. The molecule has 0 aliphatic rings. The van der Waals surface area contributed by atoms with Crippen LogP contribution in [0.2, 0.25) is 5.02 Å². The van der Waals surface area contributed by atoms with Crippen LogP contribution in [0.5, 0.6) is 5.75 Å². The molecule has 0 aliphatic carbocycles. The molecule has 5 heteroatoms. The van der Waals surface area contributed by atoms with Crippen molar-refractivity contribution in [3.63, 3.8) is 0 Å². The van der Waals surface area contributed by atoms with Gasteiger partial charge in [-0.2, -0.15) is 5.10 Å². The molecule has 4 nitrogen and oxygen atoms in total. The van der Waals surface area contributed by atoms with E-state index in [-0.39, 0.29) is 0 Å². The third kappa shape index (κ3) is 3.20. The van der Waals surface area contributed by atoms with E-state index in [1.54, 1.807) is 0 Å². The summed E-state index contributed by atoms with van der Waals surface area (Å²) in [7, 11) is 0. The number of hydrogen-bond donors (Lipinski definition) is 2. The van der Waals surface area contributed by atoms with Crippen LogP contribution in [0.4, 0.5) is 5.69 Å². The number of aryl methyl sites for hydroxylation is 2. The van der Waals surface area contributed by atoms with Crippen LogP contribution in [0.3, 0.4) is 0 Å². The van der Waals surface area contributed by atoms with E-state index in [9.17, 15) is 0 Å². The van der Waals surface area contributed by atoms with Crippen LogP contribution in [-0.4, -0.2) is 16.8 Å². The van der Waals surface area contributed by atoms with Crippen LogP contribution in [0.25, 0.3) is 0 Å². The summed E-state index contributed by atoms with van der Waals surface area (Å²) in [5.41, 5.74) is 4.25. The zero-order valence-electron chi connectivity index (χ0n) is 11.4. The minimum atomic E-state index is 0.611. The van der Waals surface area contributed by atoms with Crippen LogP contribution < -0.4 is 10.1 Å². The lowest BCUT2D eigenvalue weighted by atomic mass is 10.2. The Morgan fingerprint density at radius 2 is 2.16 bits per heavy atom. The second kappa shape index (κ2) is 5.97. The molecule has 2 aromatic rings. The molecule has 2 N–H and O–H groups in total. The Labute approximate surface area is 118 Å². The lowest BCUT2D eigenvalue weighted by molar-refractivity contribution is 0.340. The molecule has 19 heavy (non-hydrogen) atoms. The van der Waals surface area contributed by atoms with Crippen molar-refractivity contribution in [3.8, 4) is 5.75 Å². The molecule has 2 rings (SSSR count). The molecule has 0 fully saturated rings. The highest BCUT2D eigenvalue weighted by Crippen LogP contribution is 2.28. The molecule has 0 atom stereocenters. The van der Waals surface area contributed by atoms with E-state index in [1.807, 2.05) is 39.0 Å². The molecule has 1 aromatic carbocycles. The van der Waals surface area contributed by atoms with Crippen molar-refractivity contribution in [2.75, 3.05) is 11.9 Å². The summed E-state index contributed by atoms with van der Waals surface area (Å²) < 4.78 is 5.41. The number of nitrogens with one attached hydrogen (secondary N) is 2. The van der Waals surface area contributed by atoms with Crippen molar-refractivity contribution >= 4 is 17.3 Å². The molecule has 0 amide bonds. The molecule has 1 heterocycles. The number of ether oxygens (including phenoxy) is 1. The molecule has 102 valence electrons. The Morgan fingerprint density at radius 1 is 1.37 bits per heavy atom. The van der Waals surface area contributed by atoms with Crippen LogP contribution in [0, 0.1) is 13.8 Å². The number of halogens is 1. The fourth-order valence-corrected chi connectivity index (χ4v) is 2.14. The summed E-state index contributed by atoms with van der Waals surface area (Å²) in [5.74, 6) is 0.713. The topological polar surface area (TPSA) is 49.9 Å². The van der Waals surface area contributed by atoms with Gasteiger partial charge in [0.15, 0.2) is 0 Å². The number of hydrogen-bond acceptors (Lipinski definition) is 3. The van der Waals surface area contributed by atoms with Gasteiger partial charge in [0.1, 0.15) is 5.75 Å². The lowest BCUT2D eigenvalue weighted by Gasteiger charge is -2.10. The van der Waals surface area contributed by atoms with Crippen molar-refractivity contribution in [2.24, 2.45) is 0 Å². The van der Waals surface area contributed by atoms with Gasteiger partial charge in [0, 0.05) is 23.5 Å². The molecule has 0 saturated heterocycles. The van der Waals surface area contributed by atoms with Gasteiger partial charge in [-0.1, -0.05) is 11.6 Å². The minimum Gasteiger partial charge on any atom is -0.492 e. The highest BCUT2D eigenvalue weighted by atomic mass is 35.5. The van der Waals surface area contributed by atoms with E-state index < -0.39 is 0 Å². The molecular formula is C14H18ClN3O. The second-order valence-electron chi connectivity index (χ2n) is 4.34. The average molecular weight is 280 g/mol. The zero-order chi connectivity index (χ0) is 13.8. The fourth-order valence-electron chi connectivity index (χ4n) is 1.91. The van der Waals surface area contributed by atoms with Gasteiger partial charge < -0.3 is 10.1 Å². The third-order valence-electron chi connectivity index (χ3n) is 2.98. The number of anilines is 1. The quantitative estimate of drug-likeness (QED) is 0.877. The maximum atomic E-state index is 6.15. The van der Waals surface area contributed by atoms with Gasteiger partial charge in [0.25, 0.3) is 0 Å². The summed E-state index contributed by atoms with van der Waals surface area (Å²) in [5, 5.41) is 11.1. The summed E-state index contributed by atoms with van der Waals surface area (Å²) in [6.07, 6.45) is 0. The zero-order valence-corrected chi connectivity index (χ0v) is 12.1. The molecular weight excluding hydrogens is 262 g/mol. The van der Waals surface area contributed by atoms with Crippen molar-refractivity contribution < 1.29 is 4.74 Å². The summed E-state index contributed by atoms with van der Waals surface area (Å²) in [6, 6.07) is 5.71. The van der Waals surface area contributed by atoms with Gasteiger partial charge in [0.2, 0.25) is 0 Å². The summed E-state index contributed by atoms with van der Waals surface area (Å²) in [4.78, 5) is 0. The predicted molar refractivity (Wildman–Crippen MR) is 78.0 cm³/mol. The Balaban J connectivity index is 2.06. The van der Waals surface area contributed by atoms with Gasteiger partial charge in [-0.3, -0.25) is 5.10 Å². The van der Waals surface area contributed by atoms with Gasteiger partial charge >= 0.3 is 0 Å². The second-order valence-corrected chi connectivity index (χ2v) is 4.75. The first-order valence-electron chi connectivity index (χ1n) is 6.28. The Bertz CT molecular complexity index is 546. The van der Waals surface area contributed by atoms with Crippen molar-refractivity contribution in [2.45, 2.75) is 27.3 Å². The molecule has 0 bridgehead atoms. The number of nitrogens with zero attached hydrogens (tertiary/aromatic N) is 1. The standard InChI is InChI=1S/C14H18ClN3O/c1-4-19-14-6-5-11(7-13(14)15)16-8-12-9(2)17-18-10(12)3/h5-7,16H,4,8H2,1-3H3,(H,17,18). The molecule has 1 aromatic heterocycles. The Morgan fingerprint density at radius 3 is 2.74 bits per heavy atom. The Kier molecular flexibility index (Phi) is 4.32. The minimum absolute atomic E-state index is 0.611. The van der Waals surface area contributed by atoms with Crippen molar-refractivity contribution in [1.82, 2.24) is 10.2 Å². The maximum Gasteiger partial charge on any atom is 0.138 e. The van der Waals surface area contributed by atoms with Gasteiger partial charge in [-0.15, -0.1) is 0 Å². The van der Waals surface area contributed by atoms with Crippen LogP contribution in [0.15, 0.2) is 18.2 Å². The summed E-state index contributed by atoms with van der Waals surface area (Å²) >= 11 is 6.15. The molecule has 0 radical (unpaired) electrons. The van der Waals surface area contributed by atoms with E-state index in [0.29, 0.717) is 17.4 Å². The Hall–Kier alpha value is -1.68. The number of rotatable bonds is 5. The largest absolute Gasteiger partial charge is 0.492 e. The predicted octanol–water partition coefficient (Wildman–Crippen LogP) is 3.69. The van der Waals surface area contributed by atoms with Crippen molar-refractivity contribution in [3.05, 3.63) is 40.2 Å². The van der Waals surface area contributed by atoms with Gasteiger partial charge in [-0.05, 0) is 39.0 Å². The van der Waals surface area contributed by atoms with E-state index in [4.69, 9.17) is 16.3 Å². The van der Waals surface area contributed by atoms with Crippen molar-refractivity contribution in [1.29, 1.82) is 0 Å². The first-order valence-corrected chi connectivity index (χ1v) is 6.66. The van der Waals surface area contributed by atoms with E-state index in [2.05, 4.69) is 15.5 Å². The average Bonchev–Trinajstić information content (AvgIpc) is 2.70. The van der Waals surface area contributed by atoms with Crippen LogP contribution in [0.1, 0.15) is 23.9 Å². The van der Waals surface area contributed by atoms with Gasteiger partial charge in [0.05, 0.1) is 17.3 Å². The summed E-state index contributed by atoms with van der Waals surface area (Å²) in [6.45, 7) is 7.28. The first-order chi connectivity index (χ1) is 9.11. The van der Waals surface area contributed by atoms with Crippen LogP contribution in [-0.2, 0) is 6.54 Å². The lowest BCUT2D eigenvalue weighted by Crippen LogP contribution is -2.02. The highest BCUT2D eigenvalue weighted by Gasteiger charge is 2.07.